The highest BCUT2D eigenvalue weighted by atomic mass is 16.2. The van der Waals surface area contributed by atoms with E-state index in [0.717, 1.165) is 48.3 Å². The SMILES string of the molecule is O=C(NCCCc1cc(-c2ccccc2)n(-c2ccccc2)n1)NC1CCCCCC1. The zero-order chi connectivity index (χ0) is 21.3. The van der Waals surface area contributed by atoms with Crippen molar-refractivity contribution in [3.05, 3.63) is 72.4 Å². The van der Waals surface area contributed by atoms with Crippen LogP contribution in [0.1, 0.15) is 50.6 Å². The van der Waals surface area contributed by atoms with E-state index in [0.29, 0.717) is 12.6 Å². The van der Waals surface area contributed by atoms with Crippen LogP contribution in [0.3, 0.4) is 0 Å². The minimum Gasteiger partial charge on any atom is -0.338 e. The normalized spacial score (nSPS) is 14.7. The smallest absolute Gasteiger partial charge is 0.315 e. The molecule has 1 heterocycles. The number of hydrogen-bond donors (Lipinski definition) is 2. The number of benzene rings is 2. The van der Waals surface area contributed by atoms with Gasteiger partial charge in [-0.05, 0) is 43.9 Å². The third kappa shape index (κ3) is 5.97. The van der Waals surface area contributed by atoms with Gasteiger partial charge in [0.2, 0.25) is 0 Å². The zero-order valence-electron chi connectivity index (χ0n) is 18.1. The van der Waals surface area contributed by atoms with E-state index in [4.69, 9.17) is 5.10 Å². The summed E-state index contributed by atoms with van der Waals surface area (Å²) in [6.45, 7) is 0.650. The number of carbonyl (C=O) groups is 1. The second-order valence-electron chi connectivity index (χ2n) is 8.33. The zero-order valence-corrected chi connectivity index (χ0v) is 18.1. The molecule has 0 unspecified atom stereocenters. The Labute approximate surface area is 184 Å². The standard InChI is InChI=1S/C26H32N4O/c31-26(28-22-14-7-1-2-8-15-22)27-19-11-16-23-20-25(21-12-5-3-6-13-21)30(29-23)24-17-9-4-10-18-24/h3-6,9-10,12-13,17-18,20,22H,1-2,7-8,11,14-16,19H2,(H2,27,28,31). The van der Waals surface area contributed by atoms with Crippen molar-refractivity contribution in [3.63, 3.8) is 0 Å². The number of nitrogens with zero attached hydrogens (tertiary/aromatic N) is 2. The number of carbonyl (C=O) groups excluding carboxylic acids is 1. The molecule has 0 radical (unpaired) electrons. The van der Waals surface area contributed by atoms with E-state index < -0.39 is 0 Å². The van der Waals surface area contributed by atoms with Gasteiger partial charge in [-0.25, -0.2) is 9.48 Å². The molecule has 162 valence electrons. The van der Waals surface area contributed by atoms with E-state index >= 15 is 0 Å². The molecule has 1 aliphatic rings. The predicted molar refractivity (Wildman–Crippen MR) is 125 cm³/mol. The Balaban J connectivity index is 1.34. The van der Waals surface area contributed by atoms with Crippen molar-refractivity contribution in [3.8, 4) is 16.9 Å². The Morgan fingerprint density at radius 3 is 2.32 bits per heavy atom. The van der Waals surface area contributed by atoms with Crippen LogP contribution in [0.25, 0.3) is 16.9 Å². The molecule has 1 fully saturated rings. The lowest BCUT2D eigenvalue weighted by atomic mass is 10.1. The van der Waals surface area contributed by atoms with E-state index in [1.165, 1.54) is 25.7 Å². The maximum atomic E-state index is 12.2. The van der Waals surface area contributed by atoms with E-state index in [-0.39, 0.29) is 6.03 Å². The predicted octanol–water partition coefficient (Wildman–Crippen LogP) is 5.49. The number of urea groups is 1. The van der Waals surface area contributed by atoms with Crippen molar-refractivity contribution >= 4 is 6.03 Å². The minimum atomic E-state index is -0.0355. The van der Waals surface area contributed by atoms with Crippen LogP contribution in [0.15, 0.2) is 66.7 Å². The molecule has 31 heavy (non-hydrogen) atoms. The van der Waals surface area contributed by atoms with Crippen LogP contribution in [0.5, 0.6) is 0 Å². The Morgan fingerprint density at radius 2 is 1.61 bits per heavy atom. The number of aromatic nitrogens is 2. The second kappa shape index (κ2) is 10.8. The lowest BCUT2D eigenvalue weighted by Crippen LogP contribution is -2.42. The summed E-state index contributed by atoms with van der Waals surface area (Å²) in [4.78, 5) is 12.2. The molecule has 2 N–H and O–H groups in total. The molecule has 0 atom stereocenters. The van der Waals surface area contributed by atoms with Gasteiger partial charge in [0.05, 0.1) is 17.1 Å². The van der Waals surface area contributed by atoms with E-state index in [9.17, 15) is 4.79 Å². The topological polar surface area (TPSA) is 59.0 Å². The third-order valence-corrected chi connectivity index (χ3v) is 5.92. The van der Waals surface area contributed by atoms with Crippen LogP contribution < -0.4 is 10.6 Å². The largest absolute Gasteiger partial charge is 0.338 e. The molecule has 1 aromatic heterocycles. The average Bonchev–Trinajstić information content (AvgIpc) is 3.07. The highest BCUT2D eigenvalue weighted by Crippen LogP contribution is 2.24. The first-order valence-corrected chi connectivity index (χ1v) is 11.5. The summed E-state index contributed by atoms with van der Waals surface area (Å²) in [6.07, 6.45) is 8.92. The monoisotopic (exact) mass is 416 g/mol. The van der Waals surface area contributed by atoms with Gasteiger partial charge < -0.3 is 10.6 Å². The van der Waals surface area contributed by atoms with Crippen molar-refractivity contribution < 1.29 is 4.79 Å². The molecular formula is C26H32N4O. The van der Waals surface area contributed by atoms with Crippen LogP contribution in [-0.4, -0.2) is 28.4 Å². The Kier molecular flexibility index (Phi) is 7.37. The van der Waals surface area contributed by atoms with Crippen molar-refractivity contribution in [2.75, 3.05) is 6.54 Å². The van der Waals surface area contributed by atoms with Gasteiger partial charge in [-0.1, -0.05) is 74.2 Å². The summed E-state index contributed by atoms with van der Waals surface area (Å²) in [7, 11) is 0. The number of rotatable bonds is 7. The van der Waals surface area contributed by atoms with Gasteiger partial charge in [0.25, 0.3) is 0 Å². The molecule has 0 saturated heterocycles. The first kappa shape index (κ1) is 21.2. The molecule has 4 rings (SSSR count). The van der Waals surface area contributed by atoms with Crippen molar-refractivity contribution in [2.24, 2.45) is 0 Å². The van der Waals surface area contributed by atoms with Gasteiger partial charge in [0.15, 0.2) is 0 Å². The number of nitrogens with one attached hydrogen (secondary N) is 2. The summed E-state index contributed by atoms with van der Waals surface area (Å²) in [5.74, 6) is 0. The molecule has 1 saturated carbocycles. The minimum absolute atomic E-state index is 0.0355. The molecule has 0 spiro atoms. The van der Waals surface area contributed by atoms with E-state index in [1.54, 1.807) is 0 Å². The number of aryl methyl sites for hydroxylation is 1. The molecule has 5 heteroatoms. The summed E-state index contributed by atoms with van der Waals surface area (Å²) in [5.41, 5.74) is 4.31. The van der Waals surface area contributed by atoms with Gasteiger partial charge in [-0.15, -0.1) is 0 Å². The second-order valence-corrected chi connectivity index (χ2v) is 8.33. The molecule has 3 aromatic rings. The van der Waals surface area contributed by atoms with Gasteiger partial charge in [-0.3, -0.25) is 0 Å². The maximum Gasteiger partial charge on any atom is 0.315 e. The highest BCUT2D eigenvalue weighted by Gasteiger charge is 2.15. The van der Waals surface area contributed by atoms with E-state index in [1.807, 2.05) is 41.1 Å². The van der Waals surface area contributed by atoms with Crippen molar-refractivity contribution in [1.29, 1.82) is 0 Å². The molecule has 1 aliphatic carbocycles. The Morgan fingerprint density at radius 1 is 0.935 bits per heavy atom. The van der Waals surface area contributed by atoms with Crippen LogP contribution in [-0.2, 0) is 6.42 Å². The van der Waals surface area contributed by atoms with Crippen LogP contribution >= 0.6 is 0 Å². The summed E-state index contributed by atoms with van der Waals surface area (Å²) < 4.78 is 2.01. The number of para-hydroxylation sites is 1. The van der Waals surface area contributed by atoms with Gasteiger partial charge >= 0.3 is 6.03 Å². The molecular weight excluding hydrogens is 384 g/mol. The van der Waals surface area contributed by atoms with Crippen LogP contribution in [0.4, 0.5) is 4.79 Å². The first-order valence-electron chi connectivity index (χ1n) is 11.5. The number of amides is 2. The van der Waals surface area contributed by atoms with Crippen molar-refractivity contribution in [1.82, 2.24) is 20.4 Å². The lowest BCUT2D eigenvalue weighted by Gasteiger charge is -2.16. The number of hydrogen-bond acceptors (Lipinski definition) is 2. The third-order valence-electron chi connectivity index (χ3n) is 5.92. The fourth-order valence-corrected chi connectivity index (χ4v) is 4.26. The Bertz CT molecular complexity index is 887. The molecule has 5 nitrogen and oxygen atoms in total. The van der Waals surface area contributed by atoms with Crippen LogP contribution in [0.2, 0.25) is 0 Å². The Hall–Kier alpha value is -3.08. The first-order chi connectivity index (χ1) is 15.3. The molecule has 2 aromatic carbocycles. The van der Waals surface area contributed by atoms with Gasteiger partial charge in [0, 0.05) is 18.2 Å². The van der Waals surface area contributed by atoms with Crippen LogP contribution in [0, 0.1) is 0 Å². The molecule has 2 amide bonds. The van der Waals surface area contributed by atoms with Gasteiger partial charge in [-0.2, -0.15) is 5.10 Å². The average molecular weight is 417 g/mol. The molecule has 0 aliphatic heterocycles. The van der Waals surface area contributed by atoms with Gasteiger partial charge in [0.1, 0.15) is 0 Å². The maximum absolute atomic E-state index is 12.2. The summed E-state index contributed by atoms with van der Waals surface area (Å²) in [5, 5.41) is 11.0. The summed E-state index contributed by atoms with van der Waals surface area (Å²) in [6, 6.07) is 23.0. The lowest BCUT2D eigenvalue weighted by molar-refractivity contribution is 0.235. The van der Waals surface area contributed by atoms with E-state index in [2.05, 4.69) is 41.0 Å². The molecule has 0 bridgehead atoms. The summed E-state index contributed by atoms with van der Waals surface area (Å²) >= 11 is 0. The fourth-order valence-electron chi connectivity index (χ4n) is 4.26. The quantitative estimate of drug-likeness (QED) is 0.395. The fraction of sp³-hybridized carbons (Fsp3) is 0.385. The van der Waals surface area contributed by atoms with Crippen molar-refractivity contribution in [2.45, 2.75) is 57.4 Å². The highest BCUT2D eigenvalue weighted by molar-refractivity contribution is 5.74.